The van der Waals surface area contributed by atoms with Gasteiger partial charge >= 0.3 is 0 Å². The van der Waals surface area contributed by atoms with E-state index in [1.165, 1.54) is 19.4 Å². The number of rotatable bonds is 5. The Labute approximate surface area is 152 Å². The normalized spacial score (nSPS) is 11.1. The van der Waals surface area contributed by atoms with Crippen molar-refractivity contribution in [2.24, 2.45) is 13.0 Å². The Bertz CT molecular complexity index is 1010. The Morgan fingerprint density at radius 1 is 1.27 bits per heavy atom. The van der Waals surface area contributed by atoms with Gasteiger partial charge in [-0.2, -0.15) is 0 Å². The van der Waals surface area contributed by atoms with Crippen LogP contribution in [0.1, 0.15) is 24.3 Å². The monoisotopic (exact) mass is 353 g/mol. The molecule has 3 aromatic rings. The van der Waals surface area contributed by atoms with E-state index < -0.39 is 0 Å². The Morgan fingerprint density at radius 3 is 2.73 bits per heavy atom. The van der Waals surface area contributed by atoms with Gasteiger partial charge in [0.25, 0.3) is 5.91 Å². The number of carbonyl (C=O) groups is 1. The lowest BCUT2D eigenvalue weighted by Crippen LogP contribution is -2.21. The Balaban J connectivity index is 1.94. The highest BCUT2D eigenvalue weighted by molar-refractivity contribution is 6.08. The topological polar surface area (TPSA) is 65.3 Å². The maximum atomic E-state index is 12.7. The van der Waals surface area contributed by atoms with Crippen molar-refractivity contribution >= 4 is 22.5 Å². The second kappa shape index (κ2) is 7.07. The molecule has 1 N–H and O–H groups in total. The van der Waals surface area contributed by atoms with E-state index in [1.807, 2.05) is 30.5 Å². The van der Waals surface area contributed by atoms with Crippen LogP contribution >= 0.6 is 0 Å². The van der Waals surface area contributed by atoms with Crippen LogP contribution in [0.4, 0.5) is 5.69 Å². The van der Waals surface area contributed by atoms with Gasteiger partial charge in [0, 0.05) is 31.2 Å². The molecule has 0 saturated carbocycles. The summed E-state index contributed by atoms with van der Waals surface area (Å²) in [5.74, 6) is 0.394. The third kappa shape index (κ3) is 3.35. The zero-order chi connectivity index (χ0) is 18.8. The third-order valence-corrected chi connectivity index (χ3v) is 4.28. The number of aromatic nitrogens is 2. The number of benzene rings is 1. The summed E-state index contributed by atoms with van der Waals surface area (Å²) in [4.78, 5) is 24.7. The molecule has 6 nitrogen and oxygen atoms in total. The van der Waals surface area contributed by atoms with Crippen molar-refractivity contribution in [3.8, 4) is 5.75 Å². The number of ether oxygens (including phenoxy) is 1. The van der Waals surface area contributed by atoms with Crippen molar-refractivity contribution in [3.63, 3.8) is 0 Å². The number of nitrogens with one attached hydrogen (secondary N) is 1. The Kier molecular flexibility index (Phi) is 4.84. The first-order valence-electron chi connectivity index (χ1n) is 8.54. The van der Waals surface area contributed by atoms with Crippen LogP contribution in [0.25, 0.3) is 10.9 Å². The molecule has 0 radical (unpaired) electrons. The van der Waals surface area contributed by atoms with Gasteiger partial charge in [0.1, 0.15) is 5.69 Å². The van der Waals surface area contributed by atoms with Gasteiger partial charge in [-0.25, -0.2) is 0 Å². The molecule has 2 aromatic heterocycles. The molecule has 0 atom stereocenters. The molecule has 1 amide bonds. The number of fused-ring (bicyclic) bond motifs is 1. The molecule has 136 valence electrons. The number of hydrogen-bond donors (Lipinski definition) is 1. The number of hydrogen-bond acceptors (Lipinski definition) is 3. The van der Waals surface area contributed by atoms with Crippen LogP contribution in [0.3, 0.4) is 0 Å². The summed E-state index contributed by atoms with van der Waals surface area (Å²) in [7, 11) is 3.13. The smallest absolute Gasteiger partial charge is 0.272 e. The van der Waals surface area contributed by atoms with Crippen molar-refractivity contribution in [2.45, 2.75) is 20.4 Å². The van der Waals surface area contributed by atoms with Crippen molar-refractivity contribution in [1.29, 1.82) is 0 Å². The van der Waals surface area contributed by atoms with Gasteiger partial charge in [-0.1, -0.05) is 19.9 Å². The SMILES string of the molecule is COc1cn(C)c(C(=O)Nc2cccc3c2ccn3CC(C)C)cc1=O. The van der Waals surface area contributed by atoms with Crippen molar-refractivity contribution in [1.82, 2.24) is 9.13 Å². The molecule has 3 rings (SSSR count). The average Bonchev–Trinajstić information content (AvgIpc) is 3.00. The standard InChI is InChI=1S/C20H23N3O3/c1-13(2)11-23-9-8-14-15(6-5-7-16(14)23)21-20(25)17-10-18(24)19(26-4)12-22(17)3/h5-10,12-13H,11H2,1-4H3,(H,21,25). The van der Waals surface area contributed by atoms with Crippen LogP contribution in [0.2, 0.25) is 0 Å². The van der Waals surface area contributed by atoms with Crippen LogP contribution in [-0.4, -0.2) is 22.2 Å². The number of carbonyl (C=O) groups excluding carboxylic acids is 1. The third-order valence-electron chi connectivity index (χ3n) is 4.28. The molecule has 0 aliphatic rings. The summed E-state index contributed by atoms with van der Waals surface area (Å²) in [5.41, 5.74) is 1.74. The zero-order valence-corrected chi connectivity index (χ0v) is 15.4. The number of amides is 1. The summed E-state index contributed by atoms with van der Waals surface area (Å²) in [6.45, 7) is 5.25. The summed E-state index contributed by atoms with van der Waals surface area (Å²) >= 11 is 0. The van der Waals surface area contributed by atoms with Crippen LogP contribution < -0.4 is 15.5 Å². The first-order chi connectivity index (χ1) is 12.4. The van der Waals surface area contributed by atoms with E-state index in [0.29, 0.717) is 5.92 Å². The number of nitrogens with zero attached hydrogens (tertiary/aromatic N) is 2. The molecule has 2 heterocycles. The largest absolute Gasteiger partial charge is 0.491 e. The second-order valence-corrected chi connectivity index (χ2v) is 6.76. The van der Waals surface area contributed by atoms with Gasteiger partial charge in [-0.15, -0.1) is 0 Å². The molecule has 0 bridgehead atoms. The van der Waals surface area contributed by atoms with E-state index in [1.54, 1.807) is 11.6 Å². The summed E-state index contributed by atoms with van der Waals surface area (Å²) in [6.07, 6.45) is 3.54. The number of methoxy groups -OCH3 is 1. The minimum atomic E-state index is -0.337. The van der Waals surface area contributed by atoms with Gasteiger partial charge < -0.3 is 19.2 Å². The van der Waals surface area contributed by atoms with E-state index in [4.69, 9.17) is 4.74 Å². The molecule has 0 fully saturated rings. The molecule has 6 heteroatoms. The van der Waals surface area contributed by atoms with Crippen molar-refractivity contribution < 1.29 is 9.53 Å². The lowest BCUT2D eigenvalue weighted by Gasteiger charge is -2.12. The van der Waals surface area contributed by atoms with E-state index in [0.717, 1.165) is 23.1 Å². The predicted octanol–water partition coefficient (Wildman–Crippen LogP) is 3.26. The van der Waals surface area contributed by atoms with Crippen molar-refractivity contribution in [2.75, 3.05) is 12.4 Å². The minimum absolute atomic E-state index is 0.205. The molecule has 26 heavy (non-hydrogen) atoms. The fraction of sp³-hybridized carbons (Fsp3) is 0.300. The van der Waals surface area contributed by atoms with E-state index in [-0.39, 0.29) is 22.8 Å². The van der Waals surface area contributed by atoms with E-state index in [2.05, 4.69) is 23.7 Å². The first kappa shape index (κ1) is 17.8. The molecular weight excluding hydrogens is 330 g/mol. The molecule has 0 aliphatic carbocycles. The molecular formula is C20H23N3O3. The van der Waals surface area contributed by atoms with E-state index in [9.17, 15) is 9.59 Å². The maximum Gasteiger partial charge on any atom is 0.272 e. The zero-order valence-electron chi connectivity index (χ0n) is 15.4. The average molecular weight is 353 g/mol. The molecule has 0 saturated heterocycles. The van der Waals surface area contributed by atoms with Crippen molar-refractivity contribution in [3.05, 3.63) is 58.6 Å². The highest BCUT2D eigenvalue weighted by Gasteiger charge is 2.14. The Morgan fingerprint density at radius 2 is 2.04 bits per heavy atom. The van der Waals surface area contributed by atoms with Gasteiger partial charge in [0.15, 0.2) is 5.75 Å². The fourth-order valence-electron chi connectivity index (χ4n) is 3.06. The number of aryl methyl sites for hydroxylation is 1. The summed E-state index contributed by atoms with van der Waals surface area (Å²) in [5, 5.41) is 3.89. The molecule has 1 aromatic carbocycles. The van der Waals surface area contributed by atoms with Gasteiger partial charge in [0.05, 0.1) is 24.5 Å². The molecule has 0 spiro atoms. The molecule has 0 unspecified atom stereocenters. The van der Waals surface area contributed by atoms with Crippen LogP contribution in [0.15, 0.2) is 47.5 Å². The van der Waals surface area contributed by atoms with Gasteiger partial charge in [-0.05, 0) is 24.1 Å². The van der Waals surface area contributed by atoms with Crippen LogP contribution in [0.5, 0.6) is 5.75 Å². The fourth-order valence-corrected chi connectivity index (χ4v) is 3.06. The van der Waals surface area contributed by atoms with Gasteiger partial charge in [-0.3, -0.25) is 9.59 Å². The highest BCUT2D eigenvalue weighted by atomic mass is 16.5. The minimum Gasteiger partial charge on any atom is -0.491 e. The molecule has 0 aliphatic heterocycles. The van der Waals surface area contributed by atoms with E-state index >= 15 is 0 Å². The quantitative estimate of drug-likeness (QED) is 0.766. The lowest BCUT2D eigenvalue weighted by atomic mass is 10.2. The second-order valence-electron chi connectivity index (χ2n) is 6.76. The Hall–Kier alpha value is -3.02. The lowest BCUT2D eigenvalue weighted by molar-refractivity contribution is 0.101. The number of anilines is 1. The predicted molar refractivity (Wildman–Crippen MR) is 103 cm³/mol. The summed E-state index contributed by atoms with van der Waals surface area (Å²) in [6, 6.07) is 9.11. The van der Waals surface area contributed by atoms with Gasteiger partial charge in [0.2, 0.25) is 5.43 Å². The summed E-state index contributed by atoms with van der Waals surface area (Å²) < 4.78 is 8.77. The maximum absolute atomic E-state index is 12.7. The van der Waals surface area contributed by atoms with Crippen LogP contribution in [-0.2, 0) is 13.6 Å². The highest BCUT2D eigenvalue weighted by Crippen LogP contribution is 2.25. The number of pyridine rings is 1. The first-order valence-corrected chi connectivity index (χ1v) is 8.54. The van der Waals surface area contributed by atoms with Crippen LogP contribution in [0, 0.1) is 5.92 Å².